The van der Waals surface area contributed by atoms with Crippen LogP contribution in [0.4, 0.5) is 5.69 Å². The standard InChI is InChI=1S/C18H12ClN3O4/c19-16-10-13(22(24)25)6-8-15(16)17-9-7-14(26-17)11-20-21-18(23)12-4-2-1-3-5-12/h1-11H,(H,21,23)/b20-11+. The van der Waals surface area contributed by atoms with Gasteiger partial charge in [-0.3, -0.25) is 14.9 Å². The molecule has 0 saturated carbocycles. The van der Waals surface area contributed by atoms with Crippen LogP contribution in [-0.2, 0) is 0 Å². The highest BCUT2D eigenvalue weighted by molar-refractivity contribution is 6.33. The fraction of sp³-hybridized carbons (Fsp3) is 0. The van der Waals surface area contributed by atoms with Crippen molar-refractivity contribution in [3.05, 3.63) is 87.1 Å². The van der Waals surface area contributed by atoms with Gasteiger partial charge in [0, 0.05) is 23.3 Å². The Labute approximate surface area is 153 Å². The molecule has 0 atom stereocenters. The third kappa shape index (κ3) is 3.96. The lowest BCUT2D eigenvalue weighted by molar-refractivity contribution is -0.384. The number of hydrazone groups is 1. The lowest BCUT2D eigenvalue weighted by Crippen LogP contribution is -2.17. The summed E-state index contributed by atoms with van der Waals surface area (Å²) in [4.78, 5) is 22.1. The van der Waals surface area contributed by atoms with Gasteiger partial charge >= 0.3 is 0 Å². The molecule has 7 nitrogen and oxygen atoms in total. The SMILES string of the molecule is O=C(N/N=C/c1ccc(-c2ccc([N+](=O)[O-])cc2Cl)o1)c1ccccc1. The van der Waals surface area contributed by atoms with E-state index in [-0.39, 0.29) is 16.6 Å². The number of nitro groups is 1. The van der Waals surface area contributed by atoms with Crippen LogP contribution in [0.5, 0.6) is 0 Å². The summed E-state index contributed by atoms with van der Waals surface area (Å²) < 4.78 is 5.58. The van der Waals surface area contributed by atoms with Crippen molar-refractivity contribution in [2.24, 2.45) is 5.10 Å². The van der Waals surface area contributed by atoms with E-state index in [2.05, 4.69) is 10.5 Å². The molecule has 1 N–H and O–H groups in total. The van der Waals surface area contributed by atoms with Gasteiger partial charge in [-0.25, -0.2) is 5.43 Å². The summed E-state index contributed by atoms with van der Waals surface area (Å²) in [6.45, 7) is 0. The summed E-state index contributed by atoms with van der Waals surface area (Å²) in [5.41, 5.74) is 3.30. The van der Waals surface area contributed by atoms with Crippen molar-refractivity contribution >= 4 is 29.4 Å². The zero-order chi connectivity index (χ0) is 18.5. The molecule has 0 saturated heterocycles. The fourth-order valence-corrected chi connectivity index (χ4v) is 2.46. The van der Waals surface area contributed by atoms with Gasteiger partial charge in [0.1, 0.15) is 11.5 Å². The fourth-order valence-electron chi connectivity index (χ4n) is 2.19. The Morgan fingerprint density at radius 3 is 2.62 bits per heavy atom. The van der Waals surface area contributed by atoms with Crippen molar-refractivity contribution in [2.75, 3.05) is 0 Å². The second kappa shape index (κ2) is 7.62. The zero-order valence-corrected chi connectivity index (χ0v) is 14.0. The number of nitro benzene ring substituents is 1. The van der Waals surface area contributed by atoms with Crippen LogP contribution < -0.4 is 5.43 Å². The van der Waals surface area contributed by atoms with Crippen molar-refractivity contribution in [1.29, 1.82) is 0 Å². The van der Waals surface area contributed by atoms with E-state index in [0.29, 0.717) is 22.6 Å². The average Bonchev–Trinajstić information content (AvgIpc) is 3.10. The third-order valence-corrected chi connectivity index (χ3v) is 3.76. The molecular formula is C18H12ClN3O4. The van der Waals surface area contributed by atoms with E-state index in [9.17, 15) is 14.9 Å². The van der Waals surface area contributed by atoms with Gasteiger partial charge in [0.15, 0.2) is 0 Å². The minimum absolute atomic E-state index is 0.101. The number of carbonyl (C=O) groups is 1. The largest absolute Gasteiger partial charge is 0.455 e. The summed E-state index contributed by atoms with van der Waals surface area (Å²) >= 11 is 6.08. The molecule has 1 aromatic heterocycles. The van der Waals surface area contributed by atoms with Crippen molar-refractivity contribution in [1.82, 2.24) is 5.43 Å². The molecule has 0 aliphatic rings. The summed E-state index contributed by atoms with van der Waals surface area (Å²) in [6.07, 6.45) is 1.35. The molecule has 0 spiro atoms. The topological polar surface area (TPSA) is 97.7 Å². The lowest BCUT2D eigenvalue weighted by atomic mass is 10.1. The van der Waals surface area contributed by atoms with Crippen LogP contribution in [0, 0.1) is 10.1 Å². The van der Waals surface area contributed by atoms with Gasteiger partial charge in [-0.15, -0.1) is 0 Å². The van der Waals surface area contributed by atoms with Crippen LogP contribution >= 0.6 is 11.6 Å². The molecule has 3 rings (SSSR count). The molecule has 1 heterocycles. The molecule has 130 valence electrons. The second-order valence-corrected chi connectivity index (χ2v) is 5.60. The van der Waals surface area contributed by atoms with E-state index in [1.54, 1.807) is 36.4 Å². The Kier molecular flexibility index (Phi) is 5.09. The molecule has 0 aliphatic carbocycles. The number of carbonyl (C=O) groups excluding carboxylic acids is 1. The Bertz CT molecular complexity index is 983. The Morgan fingerprint density at radius 2 is 1.92 bits per heavy atom. The number of nitrogens with one attached hydrogen (secondary N) is 1. The summed E-state index contributed by atoms with van der Waals surface area (Å²) in [5, 5.41) is 14.8. The second-order valence-electron chi connectivity index (χ2n) is 5.19. The third-order valence-electron chi connectivity index (χ3n) is 3.45. The number of rotatable bonds is 5. The first-order chi connectivity index (χ1) is 12.5. The van der Waals surface area contributed by atoms with Gasteiger partial charge in [0.2, 0.25) is 0 Å². The first-order valence-electron chi connectivity index (χ1n) is 7.47. The normalized spacial score (nSPS) is 10.8. The van der Waals surface area contributed by atoms with Crippen LogP contribution in [0.15, 0.2) is 70.2 Å². The van der Waals surface area contributed by atoms with Gasteiger partial charge in [0.25, 0.3) is 11.6 Å². The molecule has 1 amide bonds. The van der Waals surface area contributed by atoms with E-state index in [1.807, 2.05) is 6.07 Å². The van der Waals surface area contributed by atoms with Crippen LogP contribution in [0.25, 0.3) is 11.3 Å². The number of hydrogen-bond donors (Lipinski definition) is 1. The predicted molar refractivity (Wildman–Crippen MR) is 97.3 cm³/mol. The first-order valence-corrected chi connectivity index (χ1v) is 7.85. The van der Waals surface area contributed by atoms with Crippen molar-refractivity contribution in [3.63, 3.8) is 0 Å². The van der Waals surface area contributed by atoms with E-state index >= 15 is 0 Å². The molecule has 3 aromatic rings. The molecule has 0 fully saturated rings. The van der Waals surface area contributed by atoms with Crippen molar-refractivity contribution in [3.8, 4) is 11.3 Å². The van der Waals surface area contributed by atoms with E-state index in [1.165, 1.54) is 24.4 Å². The van der Waals surface area contributed by atoms with Crippen LogP contribution in [0.1, 0.15) is 16.1 Å². The maximum atomic E-state index is 11.9. The molecule has 0 radical (unpaired) electrons. The van der Waals surface area contributed by atoms with Crippen molar-refractivity contribution in [2.45, 2.75) is 0 Å². The Balaban J connectivity index is 1.70. The number of nitrogens with zero attached hydrogens (tertiary/aromatic N) is 2. The zero-order valence-electron chi connectivity index (χ0n) is 13.3. The number of non-ortho nitro benzene ring substituents is 1. The molecule has 8 heteroatoms. The quantitative estimate of drug-likeness (QED) is 0.412. The number of furan rings is 1. The number of amides is 1. The highest BCUT2D eigenvalue weighted by Gasteiger charge is 2.13. The van der Waals surface area contributed by atoms with Gasteiger partial charge in [0.05, 0.1) is 16.2 Å². The molecule has 0 aliphatic heterocycles. The Morgan fingerprint density at radius 1 is 1.15 bits per heavy atom. The highest BCUT2D eigenvalue weighted by Crippen LogP contribution is 2.31. The smallest absolute Gasteiger partial charge is 0.271 e. The van der Waals surface area contributed by atoms with E-state index < -0.39 is 4.92 Å². The average molecular weight is 370 g/mol. The molecule has 26 heavy (non-hydrogen) atoms. The lowest BCUT2D eigenvalue weighted by Gasteiger charge is -2.00. The van der Waals surface area contributed by atoms with Crippen LogP contribution in [0.2, 0.25) is 5.02 Å². The first kappa shape index (κ1) is 17.4. The molecule has 0 unspecified atom stereocenters. The predicted octanol–water partition coefficient (Wildman–Crippen LogP) is 4.27. The van der Waals surface area contributed by atoms with Gasteiger partial charge in [-0.1, -0.05) is 29.8 Å². The van der Waals surface area contributed by atoms with Crippen LogP contribution in [0.3, 0.4) is 0 Å². The number of halogens is 1. The molecule has 2 aromatic carbocycles. The molecule has 0 bridgehead atoms. The maximum absolute atomic E-state index is 11.9. The number of hydrogen-bond acceptors (Lipinski definition) is 5. The van der Waals surface area contributed by atoms with E-state index in [4.69, 9.17) is 16.0 Å². The van der Waals surface area contributed by atoms with E-state index in [0.717, 1.165) is 0 Å². The maximum Gasteiger partial charge on any atom is 0.271 e. The number of benzene rings is 2. The molecular weight excluding hydrogens is 358 g/mol. The van der Waals surface area contributed by atoms with Crippen molar-refractivity contribution < 1.29 is 14.1 Å². The summed E-state index contributed by atoms with van der Waals surface area (Å²) in [5.74, 6) is 0.482. The minimum atomic E-state index is -0.523. The summed E-state index contributed by atoms with van der Waals surface area (Å²) in [7, 11) is 0. The monoisotopic (exact) mass is 369 g/mol. The minimum Gasteiger partial charge on any atom is -0.455 e. The van der Waals surface area contributed by atoms with Crippen LogP contribution in [-0.4, -0.2) is 17.0 Å². The Hall–Kier alpha value is -3.45. The van der Waals surface area contributed by atoms with Gasteiger partial charge < -0.3 is 4.42 Å². The summed E-state index contributed by atoms with van der Waals surface area (Å²) in [6, 6.07) is 16.1. The van der Waals surface area contributed by atoms with Gasteiger partial charge in [-0.05, 0) is 30.3 Å². The highest BCUT2D eigenvalue weighted by atomic mass is 35.5. The van der Waals surface area contributed by atoms with Gasteiger partial charge in [-0.2, -0.15) is 5.10 Å².